The van der Waals surface area contributed by atoms with E-state index in [-0.39, 0.29) is 66.0 Å². The monoisotopic (exact) mass is 734 g/mol. The maximum Gasteiger partial charge on any atom is 0.416 e. The first-order valence-electron chi connectivity index (χ1n) is 16.1. The highest BCUT2D eigenvalue weighted by atomic mass is 79.9. The van der Waals surface area contributed by atoms with E-state index < -0.39 is 23.5 Å². The summed E-state index contributed by atoms with van der Waals surface area (Å²) in [4.78, 5) is 38.4. The number of carbonyl (C=O) groups excluding carboxylic acids is 2. The summed E-state index contributed by atoms with van der Waals surface area (Å²) in [5.74, 6) is 0.0239. The number of esters is 1. The normalized spacial score (nSPS) is 23.8. The fourth-order valence-corrected chi connectivity index (χ4v) is 7.20. The van der Waals surface area contributed by atoms with Gasteiger partial charge < -0.3 is 14.5 Å². The molecular formula is C33H41BrF6N4O3. The molecule has 0 spiro atoms. The molecular weight excluding hydrogens is 694 g/mol. The second kappa shape index (κ2) is 15.5. The van der Waals surface area contributed by atoms with Gasteiger partial charge in [0, 0.05) is 49.4 Å². The van der Waals surface area contributed by atoms with Crippen LogP contribution in [0.3, 0.4) is 0 Å². The predicted octanol–water partition coefficient (Wildman–Crippen LogP) is 8.59. The number of likely N-dealkylation sites (tertiary alicyclic amines) is 1. The molecule has 2 aromatic rings. The van der Waals surface area contributed by atoms with Gasteiger partial charge in [-0.25, -0.2) is 9.97 Å². The van der Waals surface area contributed by atoms with Gasteiger partial charge in [-0.15, -0.1) is 0 Å². The van der Waals surface area contributed by atoms with Crippen LogP contribution < -0.4 is 4.90 Å². The van der Waals surface area contributed by atoms with Crippen molar-refractivity contribution in [3.05, 3.63) is 51.8 Å². The molecule has 260 valence electrons. The third-order valence-corrected chi connectivity index (χ3v) is 9.74. The molecule has 1 aliphatic heterocycles. The first-order valence-corrected chi connectivity index (χ1v) is 16.9. The number of anilines is 1. The molecule has 3 atom stereocenters. The third-order valence-electron chi connectivity index (χ3n) is 9.33. The molecule has 2 heterocycles. The summed E-state index contributed by atoms with van der Waals surface area (Å²) in [5.41, 5.74) is -2.93. The van der Waals surface area contributed by atoms with Gasteiger partial charge in [0.2, 0.25) is 11.9 Å². The number of hydrogen-bond donors (Lipinski definition) is 0. The number of hydrogen-bond acceptors (Lipinski definition) is 6. The van der Waals surface area contributed by atoms with E-state index in [4.69, 9.17) is 4.74 Å². The summed E-state index contributed by atoms with van der Waals surface area (Å²) in [6, 6.07) is 0.847. The Morgan fingerprint density at radius 1 is 0.894 bits per heavy atom. The summed E-state index contributed by atoms with van der Waals surface area (Å²) >= 11 is 3.28. The lowest BCUT2D eigenvalue weighted by Gasteiger charge is -2.49. The van der Waals surface area contributed by atoms with E-state index in [9.17, 15) is 35.9 Å². The van der Waals surface area contributed by atoms with E-state index >= 15 is 0 Å². The maximum absolute atomic E-state index is 14.0. The van der Waals surface area contributed by atoms with Gasteiger partial charge in [-0.3, -0.25) is 9.59 Å². The Bertz CT molecular complexity index is 1320. The van der Waals surface area contributed by atoms with Crippen LogP contribution in [0.15, 0.2) is 35.1 Å². The zero-order chi connectivity index (χ0) is 34.5. The molecule has 0 unspecified atom stereocenters. The topological polar surface area (TPSA) is 75.6 Å². The number of nitrogens with zero attached hydrogens (tertiary/aromatic N) is 4. The second-order valence-corrected chi connectivity index (χ2v) is 13.4. The Labute approximate surface area is 279 Å². The zero-order valence-corrected chi connectivity index (χ0v) is 28.3. The molecule has 7 nitrogen and oxygen atoms in total. The standard InChI is InChI=1S/C33H41BrF6N4O3/c1-4-26-15-28(16-27(5-2)44(26)30(46)22-9-7-20(8-10-22)13-29(45)47-6-3)43(31-41-17-25(34)18-42-31)19-21-11-23(32(35,36)37)14-24(12-21)33(38,39)40/h11-12,14,17-18,20,22,26-28H,4-10,13,15-16,19H2,1-3H3/t20-,22-,26-,27+,28+. The van der Waals surface area contributed by atoms with E-state index in [2.05, 4.69) is 25.9 Å². The third kappa shape index (κ3) is 9.38. The van der Waals surface area contributed by atoms with Crippen molar-refractivity contribution < 1.29 is 40.7 Å². The molecule has 2 fully saturated rings. The van der Waals surface area contributed by atoms with Gasteiger partial charge in [0.1, 0.15) is 0 Å². The number of alkyl halides is 6. The van der Waals surface area contributed by atoms with Gasteiger partial charge >= 0.3 is 18.3 Å². The van der Waals surface area contributed by atoms with Crippen LogP contribution in [0.1, 0.15) is 95.2 Å². The highest BCUT2D eigenvalue weighted by Crippen LogP contribution is 2.40. The number of halogens is 7. The highest BCUT2D eigenvalue weighted by molar-refractivity contribution is 9.10. The minimum absolute atomic E-state index is 0.0656. The highest BCUT2D eigenvalue weighted by Gasteiger charge is 2.43. The van der Waals surface area contributed by atoms with Crippen LogP contribution in [0.4, 0.5) is 32.3 Å². The van der Waals surface area contributed by atoms with Crippen LogP contribution in [0.2, 0.25) is 0 Å². The number of piperidine rings is 1. The molecule has 4 rings (SSSR count). The zero-order valence-electron chi connectivity index (χ0n) is 26.7. The Morgan fingerprint density at radius 2 is 1.43 bits per heavy atom. The molecule has 0 N–H and O–H groups in total. The van der Waals surface area contributed by atoms with Crippen LogP contribution in [0.25, 0.3) is 0 Å². The van der Waals surface area contributed by atoms with Crippen molar-refractivity contribution in [2.24, 2.45) is 11.8 Å². The van der Waals surface area contributed by atoms with Crippen molar-refractivity contribution in [1.29, 1.82) is 0 Å². The molecule has 1 saturated heterocycles. The van der Waals surface area contributed by atoms with Gasteiger partial charge in [-0.1, -0.05) is 13.8 Å². The molecule has 1 saturated carbocycles. The van der Waals surface area contributed by atoms with Crippen molar-refractivity contribution >= 4 is 33.8 Å². The van der Waals surface area contributed by atoms with Gasteiger partial charge in [-0.05, 0) is 104 Å². The van der Waals surface area contributed by atoms with E-state index in [0.717, 1.165) is 25.0 Å². The number of benzene rings is 1. The van der Waals surface area contributed by atoms with Gasteiger partial charge in [0.05, 0.1) is 22.2 Å². The second-order valence-electron chi connectivity index (χ2n) is 12.5. The van der Waals surface area contributed by atoms with Gasteiger partial charge in [0.25, 0.3) is 0 Å². The molecule has 1 aromatic carbocycles. The van der Waals surface area contributed by atoms with Crippen LogP contribution in [0.5, 0.6) is 0 Å². The van der Waals surface area contributed by atoms with E-state index in [0.29, 0.717) is 56.0 Å². The average molecular weight is 736 g/mol. The number of ether oxygens (including phenoxy) is 1. The first-order chi connectivity index (χ1) is 22.1. The fourth-order valence-electron chi connectivity index (χ4n) is 6.99. The van der Waals surface area contributed by atoms with E-state index in [1.54, 1.807) is 11.8 Å². The lowest BCUT2D eigenvalue weighted by atomic mass is 9.78. The smallest absolute Gasteiger partial charge is 0.416 e. The number of carbonyl (C=O) groups is 2. The lowest BCUT2D eigenvalue weighted by molar-refractivity contribution is -0.146. The summed E-state index contributed by atoms with van der Waals surface area (Å²) in [5, 5.41) is 0. The molecule has 2 aliphatic rings. The van der Waals surface area contributed by atoms with Gasteiger partial charge in [-0.2, -0.15) is 26.3 Å². The minimum Gasteiger partial charge on any atom is -0.466 e. The molecule has 14 heteroatoms. The Hall–Kier alpha value is -2.90. The van der Waals surface area contributed by atoms with Crippen molar-refractivity contribution in [3.8, 4) is 0 Å². The van der Waals surface area contributed by atoms with Crippen LogP contribution in [-0.2, 0) is 33.2 Å². The average Bonchev–Trinajstić information content (AvgIpc) is 3.02. The van der Waals surface area contributed by atoms with Crippen molar-refractivity contribution in [1.82, 2.24) is 14.9 Å². The quantitative estimate of drug-likeness (QED) is 0.180. The molecule has 47 heavy (non-hydrogen) atoms. The van der Waals surface area contributed by atoms with Crippen molar-refractivity contribution in [2.75, 3.05) is 11.5 Å². The summed E-state index contributed by atoms with van der Waals surface area (Å²) in [6.45, 7) is 5.76. The SMILES string of the molecule is CCOC(=O)C[C@H]1CC[C@H](C(=O)N2[C@H](CC)C[C@H](N(Cc3cc(C(F)(F)F)cc(C(F)(F)F)c3)c3ncc(Br)cn3)C[C@@H]2CC)CC1. The van der Waals surface area contributed by atoms with E-state index in [1.807, 2.05) is 18.7 Å². The molecule has 1 aromatic heterocycles. The number of rotatable bonds is 10. The molecule has 0 bridgehead atoms. The van der Waals surface area contributed by atoms with Crippen LogP contribution >= 0.6 is 15.9 Å². The summed E-state index contributed by atoms with van der Waals surface area (Å²) < 4.78 is 87.9. The summed E-state index contributed by atoms with van der Waals surface area (Å²) in [7, 11) is 0. The minimum atomic E-state index is -4.97. The predicted molar refractivity (Wildman–Crippen MR) is 167 cm³/mol. The fraction of sp³-hybridized carbons (Fsp3) is 0.636. The molecule has 1 amide bonds. The maximum atomic E-state index is 14.0. The van der Waals surface area contributed by atoms with Crippen LogP contribution in [-0.4, -0.2) is 51.5 Å². The Balaban J connectivity index is 1.60. The van der Waals surface area contributed by atoms with E-state index in [1.165, 1.54) is 12.4 Å². The lowest BCUT2D eigenvalue weighted by Crippen LogP contribution is -2.58. The summed E-state index contributed by atoms with van der Waals surface area (Å²) in [6.07, 6.45) is -1.65. The number of aromatic nitrogens is 2. The van der Waals surface area contributed by atoms with Crippen molar-refractivity contribution in [3.63, 3.8) is 0 Å². The van der Waals surface area contributed by atoms with Crippen LogP contribution in [0, 0.1) is 11.8 Å². The first kappa shape index (κ1) is 36.9. The Morgan fingerprint density at radius 3 is 1.89 bits per heavy atom. The van der Waals surface area contributed by atoms with Crippen molar-refractivity contribution in [2.45, 2.75) is 116 Å². The van der Waals surface area contributed by atoms with Gasteiger partial charge in [0.15, 0.2) is 0 Å². The molecule has 0 radical (unpaired) electrons. The number of amides is 1. The molecule has 1 aliphatic carbocycles. The Kier molecular flexibility index (Phi) is 12.2. The largest absolute Gasteiger partial charge is 0.466 e.